The molecule has 2 rings (SSSR count). The van der Waals surface area contributed by atoms with E-state index in [0.717, 1.165) is 5.69 Å². The Morgan fingerprint density at radius 2 is 2.18 bits per heavy atom. The van der Waals surface area contributed by atoms with Crippen LogP contribution in [0.3, 0.4) is 0 Å². The van der Waals surface area contributed by atoms with E-state index < -0.39 is 0 Å². The topological polar surface area (TPSA) is 78.1 Å². The molecule has 0 bridgehead atoms. The predicted molar refractivity (Wildman–Crippen MR) is 64.1 cm³/mol. The van der Waals surface area contributed by atoms with Crippen LogP contribution in [0.2, 0.25) is 0 Å². The summed E-state index contributed by atoms with van der Waals surface area (Å²) in [6, 6.07) is 12.1. The molecule has 2 aromatic rings. The number of nitrogens with one attached hydrogen (secondary N) is 1. The molecule has 5 heteroatoms. The van der Waals surface area contributed by atoms with Gasteiger partial charge in [0.2, 0.25) is 0 Å². The first-order valence-electron chi connectivity index (χ1n) is 4.88. The zero-order chi connectivity index (χ0) is 12.1. The molecular weight excluding hydrogens is 216 g/mol. The van der Waals surface area contributed by atoms with Crippen LogP contribution in [0.25, 0.3) is 0 Å². The molecule has 0 aliphatic heterocycles. The smallest absolute Gasteiger partial charge is 0.132 e. The van der Waals surface area contributed by atoms with E-state index in [1.165, 1.54) is 18.3 Å². The maximum Gasteiger partial charge on any atom is 0.132 e. The number of hydrogen-bond donors (Lipinski definition) is 1. The fourth-order valence-corrected chi connectivity index (χ4v) is 1.36. The van der Waals surface area contributed by atoms with Crippen LogP contribution in [0, 0.1) is 16.2 Å². The lowest BCUT2D eigenvalue weighted by Crippen LogP contribution is -1.92. The van der Waals surface area contributed by atoms with Gasteiger partial charge in [0.15, 0.2) is 0 Å². The molecule has 0 atom stereocenters. The van der Waals surface area contributed by atoms with Gasteiger partial charge in [0.1, 0.15) is 11.5 Å². The second-order valence-electron chi connectivity index (χ2n) is 3.31. The fourth-order valence-electron chi connectivity index (χ4n) is 1.36. The van der Waals surface area contributed by atoms with E-state index in [1.807, 2.05) is 12.1 Å². The van der Waals surface area contributed by atoms with Crippen molar-refractivity contribution >= 4 is 17.2 Å². The Balaban J connectivity index is 2.25. The van der Waals surface area contributed by atoms with Gasteiger partial charge in [-0.2, -0.15) is 5.26 Å². The molecule has 1 aromatic heterocycles. The summed E-state index contributed by atoms with van der Waals surface area (Å²) in [4.78, 5) is 14.4. The zero-order valence-electron chi connectivity index (χ0n) is 8.79. The summed E-state index contributed by atoms with van der Waals surface area (Å²) in [5.41, 5.74) is 1.60. The average molecular weight is 224 g/mol. The summed E-state index contributed by atoms with van der Waals surface area (Å²) in [7, 11) is 0. The maximum atomic E-state index is 10.4. The lowest BCUT2D eigenvalue weighted by molar-refractivity contribution is 1.29. The van der Waals surface area contributed by atoms with Crippen molar-refractivity contribution in [2.45, 2.75) is 0 Å². The molecule has 1 N–H and O–H groups in total. The first kappa shape index (κ1) is 10.8. The maximum absolute atomic E-state index is 10.4. The highest BCUT2D eigenvalue weighted by molar-refractivity contribution is 5.60. The van der Waals surface area contributed by atoms with Crippen molar-refractivity contribution in [1.29, 1.82) is 5.26 Å². The Labute approximate surface area is 97.7 Å². The number of aromatic nitrogens is 1. The Hall–Kier alpha value is -2.74. The molecule has 5 nitrogen and oxygen atoms in total. The number of pyridine rings is 1. The van der Waals surface area contributed by atoms with Gasteiger partial charge in [-0.1, -0.05) is 6.07 Å². The molecule has 0 fully saturated rings. The number of benzene rings is 1. The van der Waals surface area contributed by atoms with Crippen LogP contribution in [0.15, 0.2) is 47.8 Å². The Morgan fingerprint density at radius 1 is 1.29 bits per heavy atom. The van der Waals surface area contributed by atoms with Crippen LogP contribution in [0.5, 0.6) is 0 Å². The molecule has 0 saturated carbocycles. The molecule has 1 aromatic carbocycles. The molecule has 82 valence electrons. The van der Waals surface area contributed by atoms with Gasteiger partial charge in [-0.3, -0.25) is 0 Å². The van der Waals surface area contributed by atoms with E-state index >= 15 is 0 Å². The van der Waals surface area contributed by atoms with Crippen molar-refractivity contribution in [2.24, 2.45) is 5.18 Å². The number of hydrogen-bond acceptors (Lipinski definition) is 5. The van der Waals surface area contributed by atoms with Gasteiger partial charge < -0.3 is 5.32 Å². The fraction of sp³-hybridized carbons (Fsp3) is 0. The third-order valence-electron chi connectivity index (χ3n) is 2.11. The molecule has 0 saturated heterocycles. The third kappa shape index (κ3) is 2.63. The molecule has 0 aliphatic rings. The number of nitrogens with zero attached hydrogens (tertiary/aromatic N) is 3. The summed E-state index contributed by atoms with van der Waals surface area (Å²) in [6.45, 7) is 0. The average Bonchev–Trinajstić information content (AvgIpc) is 2.39. The molecular formula is C12H8N4O. The van der Waals surface area contributed by atoms with Crippen molar-refractivity contribution in [3.05, 3.63) is 53.1 Å². The van der Waals surface area contributed by atoms with Gasteiger partial charge in [-0.25, -0.2) is 4.98 Å². The van der Waals surface area contributed by atoms with Gasteiger partial charge in [0.05, 0.1) is 11.6 Å². The van der Waals surface area contributed by atoms with Crippen molar-refractivity contribution in [3.63, 3.8) is 0 Å². The van der Waals surface area contributed by atoms with Crippen molar-refractivity contribution in [3.8, 4) is 6.07 Å². The van der Waals surface area contributed by atoms with Crippen molar-refractivity contribution in [1.82, 2.24) is 4.98 Å². The third-order valence-corrected chi connectivity index (χ3v) is 2.11. The quantitative estimate of drug-likeness (QED) is 0.812. The van der Waals surface area contributed by atoms with E-state index in [-0.39, 0.29) is 0 Å². The number of anilines is 2. The van der Waals surface area contributed by atoms with E-state index in [2.05, 4.69) is 15.5 Å². The van der Waals surface area contributed by atoms with Crippen LogP contribution >= 0.6 is 0 Å². The minimum Gasteiger partial charge on any atom is -0.340 e. The Morgan fingerprint density at radius 3 is 2.94 bits per heavy atom. The van der Waals surface area contributed by atoms with Crippen LogP contribution in [-0.2, 0) is 0 Å². The monoisotopic (exact) mass is 224 g/mol. The summed E-state index contributed by atoms with van der Waals surface area (Å²) in [5, 5.41) is 14.6. The highest BCUT2D eigenvalue weighted by Gasteiger charge is 1.99. The van der Waals surface area contributed by atoms with Gasteiger partial charge in [0.25, 0.3) is 0 Å². The molecule has 0 unspecified atom stereocenters. The zero-order valence-corrected chi connectivity index (χ0v) is 8.79. The van der Waals surface area contributed by atoms with E-state index in [0.29, 0.717) is 17.1 Å². The summed E-state index contributed by atoms with van der Waals surface area (Å²) in [5.74, 6) is 0.511. The summed E-state index contributed by atoms with van der Waals surface area (Å²) in [6.07, 6.45) is 1.49. The van der Waals surface area contributed by atoms with Gasteiger partial charge in [-0.05, 0) is 29.4 Å². The second-order valence-corrected chi connectivity index (χ2v) is 3.31. The van der Waals surface area contributed by atoms with Crippen LogP contribution in [0.4, 0.5) is 17.2 Å². The Bertz CT molecular complexity index is 589. The van der Waals surface area contributed by atoms with Gasteiger partial charge >= 0.3 is 0 Å². The summed E-state index contributed by atoms with van der Waals surface area (Å²) < 4.78 is 0. The normalized spacial score (nSPS) is 9.35. The summed E-state index contributed by atoms with van der Waals surface area (Å²) >= 11 is 0. The lowest BCUT2D eigenvalue weighted by atomic mass is 10.2. The minimum atomic E-state index is 0.305. The highest BCUT2D eigenvalue weighted by Crippen LogP contribution is 2.19. The molecule has 0 spiro atoms. The van der Waals surface area contributed by atoms with Gasteiger partial charge in [-0.15, -0.1) is 4.91 Å². The first-order valence-corrected chi connectivity index (χ1v) is 4.88. The van der Waals surface area contributed by atoms with Crippen molar-refractivity contribution < 1.29 is 0 Å². The van der Waals surface area contributed by atoms with Gasteiger partial charge in [0, 0.05) is 18.0 Å². The minimum absolute atomic E-state index is 0.305. The highest BCUT2D eigenvalue weighted by atomic mass is 16.3. The van der Waals surface area contributed by atoms with Crippen LogP contribution < -0.4 is 5.32 Å². The van der Waals surface area contributed by atoms with E-state index in [9.17, 15) is 4.91 Å². The van der Waals surface area contributed by atoms with E-state index in [4.69, 9.17) is 5.26 Å². The number of rotatable bonds is 3. The standard InChI is InChI=1S/C12H8N4O/c13-8-9-2-1-3-10(6-9)15-12-7-11(16-17)4-5-14-12/h1-7H,(H,14,15). The van der Waals surface area contributed by atoms with Crippen LogP contribution in [0.1, 0.15) is 5.56 Å². The number of nitroso groups, excluding NO2 is 1. The Kier molecular flexibility index (Phi) is 3.08. The molecule has 17 heavy (non-hydrogen) atoms. The van der Waals surface area contributed by atoms with Crippen molar-refractivity contribution in [2.75, 3.05) is 5.32 Å². The first-order chi connectivity index (χ1) is 8.31. The van der Waals surface area contributed by atoms with Crippen LogP contribution in [-0.4, -0.2) is 4.98 Å². The molecule has 0 amide bonds. The lowest BCUT2D eigenvalue weighted by Gasteiger charge is -2.05. The second kappa shape index (κ2) is 4.86. The molecule has 1 heterocycles. The molecule has 0 radical (unpaired) electrons. The molecule has 0 aliphatic carbocycles. The number of nitriles is 1. The predicted octanol–water partition coefficient (Wildman–Crippen LogP) is 3.09. The SMILES string of the molecule is N#Cc1cccc(Nc2cc(N=O)ccn2)c1. The van der Waals surface area contributed by atoms with E-state index in [1.54, 1.807) is 18.2 Å². The largest absolute Gasteiger partial charge is 0.340 e.